The van der Waals surface area contributed by atoms with Gasteiger partial charge in [-0.2, -0.15) is 0 Å². The van der Waals surface area contributed by atoms with Crippen LogP contribution in [0.2, 0.25) is 0 Å². The molecule has 2 N–H and O–H groups in total. The van der Waals surface area contributed by atoms with E-state index >= 15 is 0 Å². The number of nitrogens with zero attached hydrogens (tertiary/aromatic N) is 1. The molecule has 9 heteroatoms. The molecular formula is C20H21KN2O6. The first-order valence-corrected chi connectivity index (χ1v) is 9.12. The van der Waals surface area contributed by atoms with Gasteiger partial charge in [0.2, 0.25) is 0 Å². The Balaban J connectivity index is 0.00000240. The fraction of sp³-hybridized carbons (Fsp3) is 0.400. The molecule has 2 heterocycles. The van der Waals surface area contributed by atoms with Gasteiger partial charge in [0, 0.05) is 36.0 Å². The second-order valence-corrected chi connectivity index (χ2v) is 7.33. The summed E-state index contributed by atoms with van der Waals surface area (Å²) in [6.07, 6.45) is -0.854. The molecule has 29 heavy (non-hydrogen) atoms. The summed E-state index contributed by atoms with van der Waals surface area (Å²) < 4.78 is 13.1. The van der Waals surface area contributed by atoms with E-state index in [9.17, 15) is 19.8 Å². The van der Waals surface area contributed by atoms with Gasteiger partial charge in [-0.25, -0.2) is 0 Å². The van der Waals surface area contributed by atoms with Crippen LogP contribution in [0, 0.1) is 13.8 Å². The van der Waals surface area contributed by atoms with Gasteiger partial charge < -0.3 is 34.4 Å². The molecule has 0 saturated heterocycles. The third-order valence-electron chi connectivity index (χ3n) is 5.37. The van der Waals surface area contributed by atoms with Crippen molar-refractivity contribution in [3.05, 3.63) is 41.2 Å². The molecule has 4 rings (SSSR count). The Morgan fingerprint density at radius 3 is 2.45 bits per heavy atom. The van der Waals surface area contributed by atoms with Crippen molar-refractivity contribution >= 4 is 11.9 Å². The molecule has 0 atom stereocenters. The van der Waals surface area contributed by atoms with Crippen molar-refractivity contribution in [2.24, 2.45) is 0 Å². The van der Waals surface area contributed by atoms with Gasteiger partial charge in [0.15, 0.2) is 11.5 Å². The maximum Gasteiger partial charge on any atom is 1.00 e. The number of aliphatic hydroxyl groups excluding tert-OH is 1. The molecule has 148 valence electrons. The van der Waals surface area contributed by atoms with Crippen LogP contribution in [0.1, 0.15) is 34.6 Å². The minimum Gasteiger partial charge on any atom is -0.548 e. The predicted molar refractivity (Wildman–Crippen MR) is 96.7 cm³/mol. The van der Waals surface area contributed by atoms with E-state index in [2.05, 4.69) is 5.32 Å². The van der Waals surface area contributed by atoms with Crippen LogP contribution >= 0.6 is 0 Å². The van der Waals surface area contributed by atoms with Crippen molar-refractivity contribution in [2.75, 3.05) is 13.2 Å². The van der Waals surface area contributed by atoms with Crippen LogP contribution in [-0.2, 0) is 4.79 Å². The summed E-state index contributed by atoms with van der Waals surface area (Å²) in [6, 6.07) is 7.25. The number of nitrogens with one attached hydrogen (secondary N) is 1. The topological polar surface area (TPSA) is 113 Å². The average Bonchev–Trinajstić information content (AvgIpc) is 2.94. The van der Waals surface area contributed by atoms with Crippen molar-refractivity contribution in [1.29, 1.82) is 0 Å². The quantitative estimate of drug-likeness (QED) is 0.515. The molecule has 1 aromatic heterocycles. The van der Waals surface area contributed by atoms with Crippen LogP contribution in [0.3, 0.4) is 0 Å². The maximum absolute atomic E-state index is 12.8. The normalized spacial score (nSPS) is 22.2. The molecule has 1 amide bonds. The van der Waals surface area contributed by atoms with E-state index in [0.29, 0.717) is 36.0 Å². The maximum atomic E-state index is 12.8. The van der Waals surface area contributed by atoms with E-state index in [1.165, 1.54) is 0 Å². The van der Waals surface area contributed by atoms with E-state index in [1.807, 2.05) is 29.7 Å². The number of benzene rings is 1. The second-order valence-electron chi connectivity index (χ2n) is 7.33. The SMILES string of the molecule is Cc1cc(C(=O)NC2(C(=O)[O-])CC(O)C2)c(C)n1-c1ccc2c(c1)OCCO2.[K+]. The molecule has 0 unspecified atom stereocenters. The smallest absolute Gasteiger partial charge is 0.548 e. The van der Waals surface area contributed by atoms with Crippen LogP contribution in [0.25, 0.3) is 5.69 Å². The summed E-state index contributed by atoms with van der Waals surface area (Å²) in [5.74, 6) is -0.573. The Kier molecular flexibility index (Phi) is 6.47. The summed E-state index contributed by atoms with van der Waals surface area (Å²) in [4.78, 5) is 24.2. The van der Waals surface area contributed by atoms with Gasteiger partial charge in [0.25, 0.3) is 5.91 Å². The number of ether oxygens (including phenoxy) is 2. The number of aliphatic carboxylic acids is 1. The van der Waals surface area contributed by atoms with E-state index in [0.717, 1.165) is 11.4 Å². The zero-order chi connectivity index (χ0) is 20.1. The number of carboxylic acid groups (broad SMARTS) is 1. The molecule has 1 aromatic carbocycles. The minimum absolute atomic E-state index is 0. The van der Waals surface area contributed by atoms with Crippen LogP contribution < -0.4 is 71.3 Å². The largest absolute Gasteiger partial charge is 1.00 e. The zero-order valence-corrected chi connectivity index (χ0v) is 19.8. The second kappa shape index (κ2) is 8.41. The monoisotopic (exact) mass is 424 g/mol. The fourth-order valence-corrected chi connectivity index (χ4v) is 3.91. The molecule has 2 aromatic rings. The number of aromatic nitrogens is 1. The van der Waals surface area contributed by atoms with Crippen molar-refractivity contribution in [3.8, 4) is 17.2 Å². The van der Waals surface area contributed by atoms with Gasteiger partial charge in [-0.05, 0) is 32.0 Å². The van der Waals surface area contributed by atoms with Gasteiger partial charge in [-0.15, -0.1) is 0 Å². The van der Waals surface area contributed by atoms with E-state index in [-0.39, 0.29) is 64.2 Å². The van der Waals surface area contributed by atoms with E-state index in [4.69, 9.17) is 9.47 Å². The Bertz CT molecular complexity index is 964. The van der Waals surface area contributed by atoms with Crippen molar-refractivity contribution in [1.82, 2.24) is 9.88 Å². The standard InChI is InChI=1S/C20H22N2O6.K/c1-11-7-15(18(24)21-20(19(25)26)9-14(23)10-20)12(2)22(11)13-3-4-16-17(8-13)28-6-5-27-16;/h3-4,7-8,14,23H,5-6,9-10H2,1-2H3,(H,21,24)(H,25,26);/q;+1/p-1. The molecule has 1 saturated carbocycles. The van der Waals surface area contributed by atoms with Crippen molar-refractivity contribution < 1.29 is 80.7 Å². The number of aliphatic hydroxyl groups is 1. The number of carbonyl (C=O) groups is 2. The molecule has 8 nitrogen and oxygen atoms in total. The number of amides is 1. The molecular weight excluding hydrogens is 403 g/mol. The fourth-order valence-electron chi connectivity index (χ4n) is 3.91. The van der Waals surface area contributed by atoms with Crippen LogP contribution in [-0.4, -0.2) is 46.4 Å². The summed E-state index contributed by atoms with van der Waals surface area (Å²) in [5.41, 5.74) is 1.15. The molecule has 1 aliphatic heterocycles. The van der Waals surface area contributed by atoms with Gasteiger partial charge in [-0.3, -0.25) is 4.79 Å². The van der Waals surface area contributed by atoms with Gasteiger partial charge in [0.05, 0.1) is 23.2 Å². The first-order valence-electron chi connectivity index (χ1n) is 9.12. The molecule has 0 bridgehead atoms. The first-order chi connectivity index (χ1) is 13.3. The number of hydrogen-bond donors (Lipinski definition) is 2. The summed E-state index contributed by atoms with van der Waals surface area (Å²) in [6.45, 7) is 4.64. The number of rotatable bonds is 4. The first kappa shape index (κ1) is 22.3. The number of carboxylic acids is 1. The van der Waals surface area contributed by atoms with Crippen LogP contribution in [0.5, 0.6) is 11.5 Å². The molecule has 2 aliphatic rings. The number of carbonyl (C=O) groups excluding carboxylic acids is 2. The summed E-state index contributed by atoms with van der Waals surface area (Å²) in [7, 11) is 0. The van der Waals surface area contributed by atoms with Gasteiger partial charge in [0.1, 0.15) is 13.2 Å². The number of fused-ring (bicyclic) bond motifs is 1. The third-order valence-corrected chi connectivity index (χ3v) is 5.37. The van der Waals surface area contributed by atoms with E-state index < -0.39 is 23.5 Å². The molecule has 0 radical (unpaired) electrons. The van der Waals surface area contributed by atoms with Crippen LogP contribution in [0.15, 0.2) is 24.3 Å². The Labute approximate surface area is 210 Å². The summed E-state index contributed by atoms with van der Waals surface area (Å²) >= 11 is 0. The molecule has 1 aliphatic carbocycles. The Hall–Kier alpha value is -1.36. The van der Waals surface area contributed by atoms with Crippen molar-refractivity contribution in [3.63, 3.8) is 0 Å². The van der Waals surface area contributed by atoms with Crippen LogP contribution in [0.4, 0.5) is 0 Å². The third kappa shape index (κ3) is 3.99. The van der Waals surface area contributed by atoms with E-state index in [1.54, 1.807) is 13.0 Å². The zero-order valence-electron chi connectivity index (χ0n) is 16.7. The number of hydrogen-bond acceptors (Lipinski definition) is 6. The minimum atomic E-state index is -1.52. The molecule has 1 fully saturated rings. The summed E-state index contributed by atoms with van der Waals surface area (Å²) in [5, 5.41) is 23.5. The van der Waals surface area contributed by atoms with Gasteiger partial charge in [-0.1, -0.05) is 0 Å². The Morgan fingerprint density at radius 2 is 1.83 bits per heavy atom. The van der Waals surface area contributed by atoms with Gasteiger partial charge >= 0.3 is 51.4 Å². The predicted octanol–water partition coefficient (Wildman–Crippen LogP) is -2.76. The average molecular weight is 424 g/mol. The molecule has 0 spiro atoms. The number of aryl methyl sites for hydroxylation is 1. The Morgan fingerprint density at radius 1 is 1.17 bits per heavy atom. The van der Waals surface area contributed by atoms with Crippen molar-refractivity contribution in [2.45, 2.75) is 38.3 Å².